The summed E-state index contributed by atoms with van der Waals surface area (Å²) in [5, 5.41) is 17.8. The summed E-state index contributed by atoms with van der Waals surface area (Å²) in [4.78, 5) is 33.5. The van der Waals surface area contributed by atoms with Gasteiger partial charge in [-0.05, 0) is 11.6 Å². The molecule has 4 aromatic rings. The molecule has 11 nitrogen and oxygen atoms in total. The lowest BCUT2D eigenvalue weighted by Gasteiger charge is -2.32. The zero-order chi connectivity index (χ0) is 26.8. The quantitative estimate of drug-likeness (QED) is 0.412. The molecule has 0 bridgehead atoms. The van der Waals surface area contributed by atoms with Crippen molar-refractivity contribution in [3.8, 4) is 22.8 Å². The monoisotopic (exact) mass is 519 g/mol. The number of likely N-dealkylation sites (tertiary alicyclic amines) is 1. The summed E-state index contributed by atoms with van der Waals surface area (Å²) in [6.07, 6.45) is 4.94. The second-order valence-corrected chi connectivity index (χ2v) is 9.16. The Balaban J connectivity index is 1.32. The van der Waals surface area contributed by atoms with Gasteiger partial charge in [-0.2, -0.15) is 10.2 Å². The van der Waals surface area contributed by atoms with Gasteiger partial charge in [-0.25, -0.2) is 23.8 Å². The van der Waals surface area contributed by atoms with Crippen molar-refractivity contribution in [2.75, 3.05) is 13.1 Å². The maximum atomic E-state index is 14.4. The van der Waals surface area contributed by atoms with Gasteiger partial charge in [0.15, 0.2) is 17.7 Å². The minimum Gasteiger partial charge on any atom is -0.484 e. The molecule has 1 saturated heterocycles. The fraction of sp³-hybridized carbons (Fsp3) is 0.308. The Kier molecular flexibility index (Phi) is 6.86. The number of halogens is 1. The van der Waals surface area contributed by atoms with Gasteiger partial charge in [0.1, 0.15) is 17.5 Å². The van der Waals surface area contributed by atoms with Crippen molar-refractivity contribution < 1.29 is 19.0 Å². The first-order valence-electron chi connectivity index (χ1n) is 12.1. The summed E-state index contributed by atoms with van der Waals surface area (Å²) in [6.45, 7) is 1.89. The Labute approximate surface area is 217 Å². The minimum absolute atomic E-state index is 0.166. The standard InChI is InChI=1S/C26H26FN7O4/c1-16(24-22(35)6-9-34(31-24)19-11-30-32(2)14-19)17-4-3-5-18(10-17)25-28-12-20(13-29-25)38-23-7-8-33(26(36)37)15-21(23)27/h3-6,9-14,16,21,23H,7-8,15H2,1-2H3,(H,36,37). The molecule has 1 amide bonds. The Bertz CT molecular complexity index is 1500. The maximum Gasteiger partial charge on any atom is 0.407 e. The molecular weight excluding hydrogens is 493 g/mol. The van der Waals surface area contributed by atoms with Crippen LogP contribution in [0.5, 0.6) is 5.75 Å². The highest BCUT2D eigenvalue weighted by molar-refractivity contribution is 5.65. The number of hydrogen-bond acceptors (Lipinski definition) is 7. The first kappa shape index (κ1) is 25.1. The molecule has 196 valence electrons. The van der Waals surface area contributed by atoms with Crippen LogP contribution in [0.2, 0.25) is 0 Å². The molecule has 1 N–H and O–H groups in total. The SMILES string of the molecule is CC(c1cccc(-c2ncc(OC3CCN(C(=O)O)CC3F)cn2)c1)c1nn(-c2cnn(C)c2)ccc1=O. The third-order valence-electron chi connectivity index (χ3n) is 6.51. The molecule has 5 rings (SSSR count). The summed E-state index contributed by atoms with van der Waals surface area (Å²) in [5.74, 6) is 0.448. The normalized spacial score (nSPS) is 18.2. The Hall–Kier alpha value is -4.61. The Morgan fingerprint density at radius 1 is 1.21 bits per heavy atom. The van der Waals surface area contributed by atoms with Gasteiger partial charge in [-0.3, -0.25) is 9.48 Å². The van der Waals surface area contributed by atoms with Crippen LogP contribution in [-0.4, -0.2) is 71.0 Å². The minimum atomic E-state index is -1.44. The van der Waals surface area contributed by atoms with Crippen LogP contribution in [0.15, 0.2) is 66.1 Å². The molecule has 0 aliphatic carbocycles. The maximum absolute atomic E-state index is 14.4. The number of aromatic nitrogens is 6. The average Bonchev–Trinajstić information content (AvgIpc) is 3.36. The molecular formula is C26H26FN7O4. The number of rotatable bonds is 6. The molecule has 3 unspecified atom stereocenters. The number of aryl methyl sites for hydroxylation is 1. The van der Waals surface area contributed by atoms with Crippen molar-refractivity contribution in [2.45, 2.75) is 31.5 Å². The van der Waals surface area contributed by atoms with E-state index in [0.29, 0.717) is 17.3 Å². The van der Waals surface area contributed by atoms with Gasteiger partial charge in [0.25, 0.3) is 0 Å². The molecule has 1 aliphatic rings. The van der Waals surface area contributed by atoms with E-state index in [9.17, 15) is 14.0 Å². The van der Waals surface area contributed by atoms with Gasteiger partial charge in [0.05, 0.1) is 31.3 Å². The predicted octanol–water partition coefficient (Wildman–Crippen LogP) is 3.04. The second-order valence-electron chi connectivity index (χ2n) is 9.16. The lowest BCUT2D eigenvalue weighted by molar-refractivity contribution is 0.0245. The number of nitrogens with zero attached hydrogens (tertiary/aromatic N) is 7. The van der Waals surface area contributed by atoms with Gasteiger partial charge >= 0.3 is 6.09 Å². The van der Waals surface area contributed by atoms with Crippen LogP contribution in [0, 0.1) is 0 Å². The second kappa shape index (κ2) is 10.4. The van der Waals surface area contributed by atoms with E-state index in [-0.39, 0.29) is 30.9 Å². The van der Waals surface area contributed by atoms with Crippen LogP contribution in [0.3, 0.4) is 0 Å². The molecule has 12 heteroatoms. The number of amides is 1. The molecule has 3 aromatic heterocycles. The van der Waals surface area contributed by atoms with Gasteiger partial charge < -0.3 is 14.7 Å². The van der Waals surface area contributed by atoms with Gasteiger partial charge in [0, 0.05) is 43.8 Å². The Morgan fingerprint density at radius 2 is 2.00 bits per heavy atom. The van der Waals surface area contributed by atoms with E-state index in [4.69, 9.17) is 9.84 Å². The number of benzene rings is 1. The largest absolute Gasteiger partial charge is 0.484 e. The molecule has 0 spiro atoms. The van der Waals surface area contributed by atoms with Crippen molar-refractivity contribution in [3.05, 3.63) is 82.8 Å². The topological polar surface area (TPSA) is 128 Å². The van der Waals surface area contributed by atoms with Gasteiger partial charge in [-0.15, -0.1) is 0 Å². The van der Waals surface area contributed by atoms with Crippen molar-refractivity contribution in [1.82, 2.24) is 34.4 Å². The van der Waals surface area contributed by atoms with Gasteiger partial charge in [-0.1, -0.05) is 25.1 Å². The third-order valence-corrected chi connectivity index (χ3v) is 6.51. The fourth-order valence-corrected chi connectivity index (χ4v) is 4.39. The van der Waals surface area contributed by atoms with Crippen molar-refractivity contribution in [3.63, 3.8) is 0 Å². The van der Waals surface area contributed by atoms with E-state index in [2.05, 4.69) is 20.2 Å². The number of hydrogen-bond donors (Lipinski definition) is 1. The van der Waals surface area contributed by atoms with Crippen LogP contribution in [-0.2, 0) is 7.05 Å². The van der Waals surface area contributed by atoms with Crippen LogP contribution < -0.4 is 10.2 Å². The predicted molar refractivity (Wildman–Crippen MR) is 135 cm³/mol. The smallest absolute Gasteiger partial charge is 0.407 e. The van der Waals surface area contributed by atoms with Crippen LogP contribution in [0.4, 0.5) is 9.18 Å². The van der Waals surface area contributed by atoms with E-state index in [1.807, 2.05) is 44.4 Å². The first-order chi connectivity index (χ1) is 18.3. The van der Waals surface area contributed by atoms with Crippen LogP contribution in [0.25, 0.3) is 17.1 Å². The highest BCUT2D eigenvalue weighted by Crippen LogP contribution is 2.26. The van der Waals surface area contributed by atoms with Crippen molar-refractivity contribution in [1.29, 1.82) is 0 Å². The summed E-state index contributed by atoms with van der Waals surface area (Å²) < 4.78 is 23.4. The van der Waals surface area contributed by atoms with Crippen molar-refractivity contribution >= 4 is 6.09 Å². The number of carbonyl (C=O) groups is 1. The average molecular weight is 520 g/mol. The molecule has 1 aliphatic heterocycles. The third kappa shape index (κ3) is 5.24. The molecule has 4 heterocycles. The zero-order valence-corrected chi connectivity index (χ0v) is 20.8. The summed E-state index contributed by atoms with van der Waals surface area (Å²) >= 11 is 0. The lowest BCUT2D eigenvalue weighted by atomic mass is 9.95. The van der Waals surface area contributed by atoms with Crippen molar-refractivity contribution in [2.24, 2.45) is 7.05 Å². The van der Waals surface area contributed by atoms with E-state index in [1.165, 1.54) is 18.5 Å². The zero-order valence-electron chi connectivity index (χ0n) is 20.8. The van der Waals surface area contributed by atoms with E-state index >= 15 is 0 Å². The van der Waals surface area contributed by atoms with Crippen LogP contribution >= 0.6 is 0 Å². The summed E-state index contributed by atoms with van der Waals surface area (Å²) in [6, 6.07) is 9.03. The molecule has 1 fully saturated rings. The van der Waals surface area contributed by atoms with Crippen LogP contribution in [0.1, 0.15) is 30.5 Å². The highest BCUT2D eigenvalue weighted by Gasteiger charge is 2.33. The van der Waals surface area contributed by atoms with Gasteiger partial charge in [0.2, 0.25) is 5.43 Å². The number of alkyl halides is 1. The molecule has 38 heavy (non-hydrogen) atoms. The number of ether oxygens (including phenoxy) is 1. The fourth-order valence-electron chi connectivity index (χ4n) is 4.39. The summed E-state index contributed by atoms with van der Waals surface area (Å²) in [7, 11) is 1.81. The van der Waals surface area contributed by atoms with E-state index in [0.717, 1.165) is 21.7 Å². The molecule has 1 aromatic carbocycles. The van der Waals surface area contributed by atoms with E-state index < -0.39 is 18.4 Å². The number of carboxylic acid groups (broad SMARTS) is 1. The summed E-state index contributed by atoms with van der Waals surface area (Å²) in [5.41, 5.74) is 2.58. The highest BCUT2D eigenvalue weighted by atomic mass is 19.1. The number of piperidine rings is 1. The van der Waals surface area contributed by atoms with E-state index in [1.54, 1.807) is 21.8 Å². The molecule has 0 radical (unpaired) electrons. The Morgan fingerprint density at radius 3 is 2.68 bits per heavy atom. The molecule has 0 saturated carbocycles. The molecule has 3 atom stereocenters. The first-order valence-corrected chi connectivity index (χ1v) is 12.1. The lowest BCUT2D eigenvalue weighted by Crippen LogP contribution is -2.48.